The van der Waals surface area contributed by atoms with E-state index in [0.717, 1.165) is 18.3 Å². The summed E-state index contributed by atoms with van der Waals surface area (Å²) in [5, 5.41) is 8.66. The minimum Gasteiger partial charge on any atom is -0.481 e. The molecule has 0 unspecified atom stereocenters. The fourth-order valence-electron chi connectivity index (χ4n) is 1.79. The number of pyridine rings is 1. The van der Waals surface area contributed by atoms with E-state index in [1.807, 2.05) is 0 Å². The third-order valence-electron chi connectivity index (χ3n) is 2.80. The summed E-state index contributed by atoms with van der Waals surface area (Å²) < 4.78 is 50.7. The molecule has 1 N–H and O–H groups in total. The standard InChI is InChI=1S/C14H9F4NO2/c15-13-9(6-12(20)21)5-10(7-19-13)8-1-3-11(4-2-8)14(16,17)18/h1-5,7H,6H2,(H,20,21). The van der Waals surface area contributed by atoms with Gasteiger partial charge in [-0.25, -0.2) is 4.98 Å². The van der Waals surface area contributed by atoms with Gasteiger partial charge in [-0.05, 0) is 23.8 Å². The second-order valence-electron chi connectivity index (χ2n) is 4.32. The van der Waals surface area contributed by atoms with Gasteiger partial charge in [0.05, 0.1) is 12.0 Å². The van der Waals surface area contributed by atoms with Gasteiger partial charge in [-0.1, -0.05) is 12.1 Å². The molecule has 1 aromatic heterocycles. The van der Waals surface area contributed by atoms with Crippen LogP contribution < -0.4 is 0 Å². The lowest BCUT2D eigenvalue weighted by Crippen LogP contribution is -2.05. The molecule has 0 aliphatic rings. The van der Waals surface area contributed by atoms with E-state index >= 15 is 0 Å². The second-order valence-corrected chi connectivity index (χ2v) is 4.32. The van der Waals surface area contributed by atoms with Gasteiger partial charge in [-0.3, -0.25) is 4.79 Å². The molecule has 21 heavy (non-hydrogen) atoms. The van der Waals surface area contributed by atoms with Gasteiger partial charge in [-0.15, -0.1) is 0 Å². The van der Waals surface area contributed by atoms with Crippen LogP contribution in [0.2, 0.25) is 0 Å². The number of nitrogens with zero attached hydrogens (tertiary/aromatic N) is 1. The normalized spacial score (nSPS) is 11.4. The van der Waals surface area contributed by atoms with E-state index in [1.54, 1.807) is 0 Å². The summed E-state index contributed by atoms with van der Waals surface area (Å²) in [5.74, 6) is -2.13. The average Bonchev–Trinajstić information content (AvgIpc) is 2.40. The van der Waals surface area contributed by atoms with Crippen LogP contribution in [0.15, 0.2) is 36.5 Å². The molecule has 0 aliphatic heterocycles. The summed E-state index contributed by atoms with van der Waals surface area (Å²) in [5.41, 5.74) is -0.185. The lowest BCUT2D eigenvalue weighted by molar-refractivity contribution is -0.138. The van der Waals surface area contributed by atoms with Crippen molar-refractivity contribution in [1.82, 2.24) is 4.98 Å². The van der Waals surface area contributed by atoms with Gasteiger partial charge in [0.1, 0.15) is 0 Å². The van der Waals surface area contributed by atoms with Crippen molar-refractivity contribution in [2.24, 2.45) is 0 Å². The molecule has 1 aromatic carbocycles. The predicted octanol–water partition coefficient (Wildman–Crippen LogP) is 3.53. The van der Waals surface area contributed by atoms with Crippen LogP contribution in [0.5, 0.6) is 0 Å². The first-order valence-corrected chi connectivity index (χ1v) is 5.81. The van der Waals surface area contributed by atoms with E-state index in [9.17, 15) is 22.4 Å². The number of rotatable bonds is 3. The molecule has 0 aliphatic carbocycles. The van der Waals surface area contributed by atoms with Gasteiger partial charge in [0.25, 0.3) is 0 Å². The molecule has 0 amide bonds. The van der Waals surface area contributed by atoms with E-state index in [0.29, 0.717) is 11.1 Å². The van der Waals surface area contributed by atoms with Crippen molar-refractivity contribution in [3.05, 3.63) is 53.6 Å². The number of aromatic nitrogens is 1. The summed E-state index contributed by atoms with van der Waals surface area (Å²) in [6.07, 6.45) is -3.84. The maximum atomic E-state index is 13.3. The minimum atomic E-state index is -4.44. The Kier molecular flexibility index (Phi) is 3.93. The zero-order valence-corrected chi connectivity index (χ0v) is 10.5. The lowest BCUT2D eigenvalue weighted by Gasteiger charge is -2.08. The van der Waals surface area contributed by atoms with Crippen molar-refractivity contribution in [3.8, 4) is 11.1 Å². The Morgan fingerprint density at radius 3 is 2.29 bits per heavy atom. The Morgan fingerprint density at radius 1 is 1.14 bits per heavy atom. The lowest BCUT2D eigenvalue weighted by atomic mass is 10.0. The van der Waals surface area contributed by atoms with Gasteiger partial charge in [0, 0.05) is 17.3 Å². The fraction of sp³-hybridized carbons (Fsp3) is 0.143. The molecule has 0 atom stereocenters. The van der Waals surface area contributed by atoms with Crippen molar-refractivity contribution in [2.45, 2.75) is 12.6 Å². The first-order valence-electron chi connectivity index (χ1n) is 5.81. The molecule has 0 saturated carbocycles. The molecule has 0 fully saturated rings. The summed E-state index contributed by atoms with van der Waals surface area (Å²) in [4.78, 5) is 14.0. The molecule has 2 rings (SSSR count). The molecular formula is C14H9F4NO2. The number of hydrogen-bond donors (Lipinski definition) is 1. The Bertz CT molecular complexity index is 666. The quantitative estimate of drug-likeness (QED) is 0.696. The third-order valence-corrected chi connectivity index (χ3v) is 2.80. The largest absolute Gasteiger partial charge is 0.481 e. The topological polar surface area (TPSA) is 50.2 Å². The average molecular weight is 299 g/mol. The van der Waals surface area contributed by atoms with Crippen LogP contribution in [-0.2, 0) is 17.4 Å². The van der Waals surface area contributed by atoms with Gasteiger partial charge in [-0.2, -0.15) is 17.6 Å². The highest BCUT2D eigenvalue weighted by Gasteiger charge is 2.30. The number of alkyl halides is 3. The maximum absolute atomic E-state index is 13.3. The summed E-state index contributed by atoms with van der Waals surface area (Å²) in [6, 6.07) is 5.51. The van der Waals surface area contributed by atoms with E-state index in [-0.39, 0.29) is 5.56 Å². The predicted molar refractivity (Wildman–Crippen MR) is 66.0 cm³/mol. The molecule has 0 radical (unpaired) electrons. The number of carboxylic acids is 1. The van der Waals surface area contributed by atoms with E-state index in [1.165, 1.54) is 18.2 Å². The first-order chi connectivity index (χ1) is 9.77. The number of aliphatic carboxylic acids is 1. The van der Waals surface area contributed by atoms with Crippen molar-refractivity contribution in [1.29, 1.82) is 0 Å². The smallest absolute Gasteiger partial charge is 0.416 e. The Hall–Kier alpha value is -2.44. The highest BCUT2D eigenvalue weighted by atomic mass is 19.4. The van der Waals surface area contributed by atoms with E-state index in [4.69, 9.17) is 5.11 Å². The van der Waals surface area contributed by atoms with Gasteiger partial charge in [0.15, 0.2) is 0 Å². The molecule has 7 heteroatoms. The molecular weight excluding hydrogens is 290 g/mol. The number of hydrogen-bond acceptors (Lipinski definition) is 2. The number of halogens is 4. The van der Waals surface area contributed by atoms with Crippen molar-refractivity contribution >= 4 is 5.97 Å². The molecule has 0 spiro atoms. The van der Waals surface area contributed by atoms with Crippen LogP contribution in [0, 0.1) is 5.95 Å². The second kappa shape index (κ2) is 5.51. The zero-order chi connectivity index (χ0) is 15.6. The Labute approximate surface area is 116 Å². The van der Waals surface area contributed by atoms with Crippen LogP contribution in [0.3, 0.4) is 0 Å². The highest BCUT2D eigenvalue weighted by molar-refractivity contribution is 5.71. The molecule has 110 valence electrons. The van der Waals surface area contributed by atoms with Crippen molar-refractivity contribution < 1.29 is 27.5 Å². The zero-order valence-electron chi connectivity index (χ0n) is 10.5. The Morgan fingerprint density at radius 2 is 1.76 bits per heavy atom. The monoisotopic (exact) mass is 299 g/mol. The first kappa shape index (κ1) is 15.0. The van der Waals surface area contributed by atoms with E-state index < -0.39 is 30.1 Å². The molecule has 3 nitrogen and oxygen atoms in total. The van der Waals surface area contributed by atoms with Crippen LogP contribution in [0.1, 0.15) is 11.1 Å². The van der Waals surface area contributed by atoms with Crippen LogP contribution in [0.25, 0.3) is 11.1 Å². The SMILES string of the molecule is O=C(O)Cc1cc(-c2ccc(C(F)(F)F)cc2)cnc1F. The fourth-order valence-corrected chi connectivity index (χ4v) is 1.79. The molecule has 0 bridgehead atoms. The number of carbonyl (C=O) groups is 1. The number of benzene rings is 1. The van der Waals surface area contributed by atoms with Crippen LogP contribution >= 0.6 is 0 Å². The number of carboxylic acid groups (broad SMARTS) is 1. The maximum Gasteiger partial charge on any atom is 0.416 e. The molecule has 1 heterocycles. The van der Waals surface area contributed by atoms with Crippen LogP contribution in [0.4, 0.5) is 17.6 Å². The summed E-state index contributed by atoms with van der Waals surface area (Å²) in [7, 11) is 0. The third kappa shape index (κ3) is 3.56. The highest BCUT2D eigenvalue weighted by Crippen LogP contribution is 2.31. The minimum absolute atomic E-state index is 0.125. The molecule has 0 saturated heterocycles. The summed E-state index contributed by atoms with van der Waals surface area (Å²) >= 11 is 0. The summed E-state index contributed by atoms with van der Waals surface area (Å²) in [6.45, 7) is 0. The van der Waals surface area contributed by atoms with E-state index in [2.05, 4.69) is 4.98 Å². The van der Waals surface area contributed by atoms with Gasteiger partial charge < -0.3 is 5.11 Å². The van der Waals surface area contributed by atoms with Crippen molar-refractivity contribution in [2.75, 3.05) is 0 Å². The van der Waals surface area contributed by atoms with Gasteiger partial charge in [0.2, 0.25) is 5.95 Å². The molecule has 2 aromatic rings. The van der Waals surface area contributed by atoms with Crippen LogP contribution in [-0.4, -0.2) is 16.1 Å². The Balaban J connectivity index is 2.36. The van der Waals surface area contributed by atoms with Crippen molar-refractivity contribution in [3.63, 3.8) is 0 Å². The van der Waals surface area contributed by atoms with Gasteiger partial charge >= 0.3 is 12.1 Å².